The molecule has 26 heavy (non-hydrogen) atoms. The smallest absolute Gasteiger partial charge is 0.0709 e. The second-order valence-corrected chi connectivity index (χ2v) is 5.73. The van der Waals surface area contributed by atoms with Crippen molar-refractivity contribution >= 4 is 34.6 Å². The number of aromatic nitrogens is 2. The number of nitrogens with zero attached hydrogens (tertiary/aromatic N) is 4. The maximum atomic E-state index is 4.65. The van der Waals surface area contributed by atoms with Crippen molar-refractivity contribution in [1.29, 1.82) is 0 Å². The first kappa shape index (κ1) is 15.8. The summed E-state index contributed by atoms with van der Waals surface area (Å²) in [5, 5.41) is 2.14. The number of aliphatic imine (C=N–C) groups is 2. The standard InChI is InChI=1S/C22H16N4/c1-3-19-20(21(5-1)25-15-17-7-11-23-12-8-17)4-2-6-22(19)26-16-18-9-13-24-14-10-18/h1-16H/b25-15+,26-16+. The van der Waals surface area contributed by atoms with Gasteiger partial charge in [-0.1, -0.05) is 24.3 Å². The van der Waals surface area contributed by atoms with Gasteiger partial charge in [-0.15, -0.1) is 0 Å². The molecule has 0 aliphatic carbocycles. The molecule has 0 fully saturated rings. The van der Waals surface area contributed by atoms with Gasteiger partial charge in [0.05, 0.1) is 11.4 Å². The number of rotatable bonds is 4. The molecule has 2 aromatic heterocycles. The lowest BCUT2D eigenvalue weighted by atomic mass is 10.1. The van der Waals surface area contributed by atoms with Gasteiger partial charge in [-0.2, -0.15) is 0 Å². The van der Waals surface area contributed by atoms with Gasteiger partial charge in [0.1, 0.15) is 0 Å². The Bertz CT molecular complexity index is 982. The van der Waals surface area contributed by atoms with E-state index in [0.717, 1.165) is 33.3 Å². The molecule has 2 aromatic carbocycles. The lowest BCUT2D eigenvalue weighted by Crippen LogP contribution is -1.82. The molecule has 2 heterocycles. The molecule has 0 aliphatic heterocycles. The first-order valence-electron chi connectivity index (χ1n) is 8.30. The molecular formula is C22H16N4. The molecule has 0 saturated carbocycles. The molecule has 0 unspecified atom stereocenters. The average Bonchev–Trinajstić information content (AvgIpc) is 2.72. The van der Waals surface area contributed by atoms with E-state index in [-0.39, 0.29) is 0 Å². The molecule has 0 radical (unpaired) electrons. The summed E-state index contributed by atoms with van der Waals surface area (Å²) in [6.45, 7) is 0. The van der Waals surface area contributed by atoms with Gasteiger partial charge in [-0.3, -0.25) is 20.0 Å². The molecule has 0 aliphatic rings. The van der Waals surface area contributed by atoms with Crippen LogP contribution < -0.4 is 0 Å². The minimum atomic E-state index is 0.917. The lowest BCUT2D eigenvalue weighted by molar-refractivity contribution is 1.32. The predicted octanol–water partition coefficient (Wildman–Crippen LogP) is 5.13. The fourth-order valence-corrected chi connectivity index (χ4v) is 2.69. The highest BCUT2D eigenvalue weighted by atomic mass is 14.7. The van der Waals surface area contributed by atoms with Crippen LogP contribution in [0.2, 0.25) is 0 Å². The van der Waals surface area contributed by atoms with E-state index in [9.17, 15) is 0 Å². The van der Waals surface area contributed by atoms with Crippen molar-refractivity contribution < 1.29 is 0 Å². The van der Waals surface area contributed by atoms with Crippen LogP contribution in [0.4, 0.5) is 11.4 Å². The average molecular weight is 336 g/mol. The number of hydrogen-bond acceptors (Lipinski definition) is 4. The molecule has 0 bridgehead atoms. The first-order valence-corrected chi connectivity index (χ1v) is 8.30. The molecule has 4 nitrogen and oxygen atoms in total. The molecule has 4 aromatic rings. The minimum Gasteiger partial charge on any atom is -0.265 e. The van der Waals surface area contributed by atoms with Crippen LogP contribution >= 0.6 is 0 Å². The summed E-state index contributed by atoms with van der Waals surface area (Å²) in [6.07, 6.45) is 10.7. The molecule has 0 atom stereocenters. The molecule has 0 spiro atoms. The van der Waals surface area contributed by atoms with Crippen molar-refractivity contribution in [2.75, 3.05) is 0 Å². The lowest BCUT2D eigenvalue weighted by Gasteiger charge is -2.05. The predicted molar refractivity (Wildman–Crippen MR) is 107 cm³/mol. The van der Waals surface area contributed by atoms with Crippen LogP contribution in [0.25, 0.3) is 10.8 Å². The first-order chi connectivity index (χ1) is 12.9. The van der Waals surface area contributed by atoms with Gasteiger partial charge in [0.2, 0.25) is 0 Å². The van der Waals surface area contributed by atoms with Crippen LogP contribution in [0, 0.1) is 0 Å². The Hall–Kier alpha value is -3.66. The second-order valence-electron chi connectivity index (χ2n) is 5.73. The van der Waals surface area contributed by atoms with Crippen LogP contribution in [0.15, 0.2) is 95.4 Å². The Balaban J connectivity index is 1.71. The van der Waals surface area contributed by atoms with E-state index < -0.39 is 0 Å². The molecule has 4 heteroatoms. The van der Waals surface area contributed by atoms with Crippen LogP contribution in [0.5, 0.6) is 0 Å². The highest BCUT2D eigenvalue weighted by molar-refractivity contribution is 6.02. The maximum absolute atomic E-state index is 4.65. The van der Waals surface area contributed by atoms with Gasteiger partial charge in [0.15, 0.2) is 0 Å². The van der Waals surface area contributed by atoms with Crippen molar-refractivity contribution in [2.24, 2.45) is 9.98 Å². The molecule has 4 rings (SSSR count). The summed E-state index contributed by atoms with van der Waals surface area (Å²) in [4.78, 5) is 17.4. The normalized spacial score (nSPS) is 11.5. The number of hydrogen-bond donors (Lipinski definition) is 0. The number of fused-ring (bicyclic) bond motifs is 1. The van der Waals surface area contributed by atoms with Gasteiger partial charge in [-0.25, -0.2) is 0 Å². The van der Waals surface area contributed by atoms with E-state index in [4.69, 9.17) is 0 Å². The van der Waals surface area contributed by atoms with Gasteiger partial charge < -0.3 is 0 Å². The Morgan fingerprint density at radius 3 is 1.38 bits per heavy atom. The van der Waals surface area contributed by atoms with Crippen LogP contribution in [-0.4, -0.2) is 22.4 Å². The Labute approximate surface area is 151 Å². The van der Waals surface area contributed by atoms with Crippen molar-refractivity contribution in [2.45, 2.75) is 0 Å². The largest absolute Gasteiger partial charge is 0.265 e. The van der Waals surface area contributed by atoms with Gasteiger partial charge in [-0.05, 0) is 47.5 Å². The summed E-state index contributed by atoms with van der Waals surface area (Å²) in [5.74, 6) is 0. The summed E-state index contributed by atoms with van der Waals surface area (Å²) < 4.78 is 0. The minimum absolute atomic E-state index is 0.917. The topological polar surface area (TPSA) is 50.5 Å². The van der Waals surface area contributed by atoms with E-state index in [2.05, 4.69) is 32.1 Å². The molecule has 0 N–H and O–H groups in total. The second kappa shape index (κ2) is 7.49. The van der Waals surface area contributed by atoms with Crippen molar-refractivity contribution in [1.82, 2.24) is 9.97 Å². The third-order valence-corrected chi connectivity index (χ3v) is 3.99. The molecular weight excluding hydrogens is 320 g/mol. The Morgan fingerprint density at radius 1 is 0.538 bits per heavy atom. The SMILES string of the molecule is C(=N\c1cccc2c(/N=C/c3ccncc3)cccc12)/c1ccncc1. The molecule has 0 amide bonds. The van der Waals surface area contributed by atoms with Gasteiger partial charge >= 0.3 is 0 Å². The quantitative estimate of drug-likeness (QED) is 0.485. The van der Waals surface area contributed by atoms with Crippen LogP contribution in [-0.2, 0) is 0 Å². The van der Waals surface area contributed by atoms with Gasteiger partial charge in [0, 0.05) is 48.0 Å². The maximum Gasteiger partial charge on any atom is 0.0709 e. The summed E-state index contributed by atoms with van der Waals surface area (Å²) >= 11 is 0. The fourth-order valence-electron chi connectivity index (χ4n) is 2.69. The molecule has 0 saturated heterocycles. The number of benzene rings is 2. The van der Waals surface area contributed by atoms with E-state index in [1.165, 1.54) is 0 Å². The summed E-state index contributed by atoms with van der Waals surface area (Å²) in [7, 11) is 0. The molecule has 124 valence electrons. The Kier molecular flexibility index (Phi) is 4.56. The van der Waals surface area contributed by atoms with Gasteiger partial charge in [0.25, 0.3) is 0 Å². The van der Waals surface area contributed by atoms with E-state index in [0.29, 0.717) is 0 Å². The number of pyridine rings is 2. The summed E-state index contributed by atoms with van der Waals surface area (Å²) in [5.41, 5.74) is 3.87. The fraction of sp³-hybridized carbons (Fsp3) is 0. The van der Waals surface area contributed by atoms with Crippen molar-refractivity contribution in [3.8, 4) is 0 Å². The third-order valence-electron chi connectivity index (χ3n) is 3.99. The van der Waals surface area contributed by atoms with Crippen LogP contribution in [0.1, 0.15) is 11.1 Å². The third kappa shape index (κ3) is 3.54. The zero-order chi connectivity index (χ0) is 17.6. The Morgan fingerprint density at radius 2 is 0.962 bits per heavy atom. The highest BCUT2D eigenvalue weighted by Crippen LogP contribution is 2.32. The van der Waals surface area contributed by atoms with Crippen molar-refractivity contribution in [3.63, 3.8) is 0 Å². The zero-order valence-electron chi connectivity index (χ0n) is 14.0. The van der Waals surface area contributed by atoms with E-state index in [1.54, 1.807) is 24.8 Å². The van der Waals surface area contributed by atoms with Crippen LogP contribution in [0.3, 0.4) is 0 Å². The van der Waals surface area contributed by atoms with E-state index >= 15 is 0 Å². The highest BCUT2D eigenvalue weighted by Gasteiger charge is 2.03. The van der Waals surface area contributed by atoms with E-state index in [1.807, 2.05) is 61.0 Å². The monoisotopic (exact) mass is 336 g/mol. The van der Waals surface area contributed by atoms with Crippen molar-refractivity contribution in [3.05, 3.63) is 96.6 Å². The summed E-state index contributed by atoms with van der Waals surface area (Å²) in [6, 6.07) is 19.9. The zero-order valence-corrected chi connectivity index (χ0v) is 14.0.